The average molecular weight is 523 g/mol. The number of ketones is 1. The molecule has 0 saturated heterocycles. The number of carboxylic acids is 1. The number of Topliss-reactive ketones (excluding diaryl/α,β-unsaturated/α-hetero) is 1. The predicted molar refractivity (Wildman–Crippen MR) is 139 cm³/mol. The Morgan fingerprint density at radius 2 is 1.62 bits per heavy atom. The fourth-order valence-corrected chi connectivity index (χ4v) is 4.05. The molecule has 3 aromatic rings. The average Bonchev–Trinajstić information content (AvgIpc) is 2.87. The summed E-state index contributed by atoms with van der Waals surface area (Å²) in [5.41, 5.74) is 1.83. The molecule has 9 heteroatoms. The molecular weight excluding hydrogens is 496 g/mol. The first-order chi connectivity index (χ1) is 17.6. The fraction of sp³-hybridized carbons (Fsp3) is 0.214. The number of phenolic OH excluding ortho intramolecular Hbond substituents is 1. The largest absolute Gasteiger partial charge is 0.508 e. The van der Waals surface area contributed by atoms with Crippen LogP contribution in [0.2, 0.25) is 5.02 Å². The van der Waals surface area contributed by atoms with Gasteiger partial charge in [-0.2, -0.15) is 0 Å². The molecule has 0 fully saturated rings. The van der Waals surface area contributed by atoms with E-state index in [0.29, 0.717) is 5.56 Å². The number of phenols is 1. The highest BCUT2D eigenvalue weighted by Gasteiger charge is 2.26. The van der Waals surface area contributed by atoms with Gasteiger partial charge >= 0.3 is 5.97 Å². The Balaban J connectivity index is 1.60. The number of carbonyl (C=O) groups is 4. The number of aliphatic carboxylic acids is 1. The van der Waals surface area contributed by atoms with Gasteiger partial charge in [0.15, 0.2) is 0 Å². The van der Waals surface area contributed by atoms with Crippen molar-refractivity contribution in [3.05, 3.63) is 100 Å². The van der Waals surface area contributed by atoms with E-state index in [2.05, 4.69) is 10.6 Å². The van der Waals surface area contributed by atoms with E-state index in [1.807, 2.05) is 37.3 Å². The maximum Gasteiger partial charge on any atom is 0.326 e. The van der Waals surface area contributed by atoms with Gasteiger partial charge in [-0.15, -0.1) is 0 Å². The summed E-state index contributed by atoms with van der Waals surface area (Å²) in [5, 5.41) is 24.1. The van der Waals surface area contributed by atoms with Crippen LogP contribution in [-0.4, -0.2) is 39.8 Å². The Morgan fingerprint density at radius 3 is 2.27 bits per heavy atom. The number of rotatable bonds is 11. The maximum absolute atomic E-state index is 12.7. The third kappa shape index (κ3) is 7.91. The van der Waals surface area contributed by atoms with Crippen molar-refractivity contribution >= 4 is 35.2 Å². The molecule has 0 radical (unpaired) electrons. The second kappa shape index (κ2) is 12.7. The van der Waals surface area contributed by atoms with Gasteiger partial charge in [-0.3, -0.25) is 14.4 Å². The van der Waals surface area contributed by atoms with Gasteiger partial charge in [0.05, 0.1) is 10.6 Å². The number of benzene rings is 3. The zero-order chi connectivity index (χ0) is 26.9. The molecule has 0 bridgehead atoms. The number of aromatic hydroxyl groups is 1. The zero-order valence-electron chi connectivity index (χ0n) is 20.1. The van der Waals surface area contributed by atoms with Crippen LogP contribution < -0.4 is 10.6 Å². The van der Waals surface area contributed by atoms with Gasteiger partial charge in [-0.25, -0.2) is 4.79 Å². The highest BCUT2D eigenvalue weighted by atomic mass is 35.5. The number of hydrogen-bond donors (Lipinski definition) is 4. The van der Waals surface area contributed by atoms with Crippen molar-refractivity contribution in [3.8, 4) is 5.75 Å². The zero-order valence-corrected chi connectivity index (χ0v) is 20.9. The smallest absolute Gasteiger partial charge is 0.326 e. The quantitative estimate of drug-likeness (QED) is 0.296. The Labute approximate surface area is 219 Å². The Morgan fingerprint density at radius 1 is 0.892 bits per heavy atom. The van der Waals surface area contributed by atoms with Crippen molar-refractivity contribution in [3.63, 3.8) is 0 Å². The minimum atomic E-state index is -1.43. The van der Waals surface area contributed by atoms with Crippen LogP contribution in [0.4, 0.5) is 0 Å². The Kier molecular flexibility index (Phi) is 9.40. The van der Waals surface area contributed by atoms with Gasteiger partial charge in [0.1, 0.15) is 17.6 Å². The minimum Gasteiger partial charge on any atom is -0.508 e. The lowest BCUT2D eigenvalue weighted by molar-refractivity contribution is -0.141. The Hall–Kier alpha value is -4.17. The van der Waals surface area contributed by atoms with Crippen LogP contribution in [0.25, 0.3) is 0 Å². The van der Waals surface area contributed by atoms with Crippen molar-refractivity contribution in [2.24, 2.45) is 0 Å². The normalized spacial score (nSPS) is 12.3. The predicted octanol–water partition coefficient (Wildman–Crippen LogP) is 4.31. The van der Waals surface area contributed by atoms with Crippen LogP contribution in [0, 0.1) is 0 Å². The third-order valence-corrected chi connectivity index (χ3v) is 6.09. The van der Waals surface area contributed by atoms with Crippen LogP contribution in [0.15, 0.2) is 72.8 Å². The molecule has 0 aliphatic carbocycles. The lowest BCUT2D eigenvalue weighted by Gasteiger charge is -2.16. The van der Waals surface area contributed by atoms with E-state index in [0.717, 1.165) is 5.56 Å². The first-order valence-corrected chi connectivity index (χ1v) is 12.0. The molecule has 0 heterocycles. The summed E-state index contributed by atoms with van der Waals surface area (Å²) >= 11 is 6.22. The second-order valence-electron chi connectivity index (χ2n) is 8.67. The summed E-state index contributed by atoms with van der Waals surface area (Å²) in [6.07, 6.45) is -0.234. The SMILES string of the molecule is C[C@@H](CC(=O)C[C@H](NC(=O)c1ccc(C(=O)NCc2cccc(O)c2)cc1Cl)C(=O)O)c1ccccc1. The van der Waals surface area contributed by atoms with Crippen LogP contribution in [0.3, 0.4) is 0 Å². The standard InChI is InChI=1S/C28H27ClN2O6/c1-17(19-7-3-2-4-8-19)12-22(33)15-25(28(36)37)31-27(35)23-11-10-20(14-24(23)29)26(34)30-16-18-6-5-9-21(32)13-18/h2-11,13-14,17,25,32H,12,15-16H2,1H3,(H,30,34)(H,31,35)(H,36,37)/t17-,25-/m0/s1. The molecule has 37 heavy (non-hydrogen) atoms. The van der Waals surface area contributed by atoms with Crippen LogP contribution >= 0.6 is 11.6 Å². The van der Waals surface area contributed by atoms with Gasteiger partial charge in [0, 0.05) is 24.9 Å². The molecule has 0 aliphatic heterocycles. The number of hydrogen-bond acceptors (Lipinski definition) is 5. The van der Waals surface area contributed by atoms with Crippen LogP contribution in [0.5, 0.6) is 5.75 Å². The molecule has 0 aromatic heterocycles. The number of halogens is 1. The van der Waals surface area contributed by atoms with E-state index in [1.165, 1.54) is 30.3 Å². The number of nitrogens with one attached hydrogen (secondary N) is 2. The summed E-state index contributed by atoms with van der Waals surface area (Å²) in [4.78, 5) is 49.5. The maximum atomic E-state index is 12.7. The van der Waals surface area contributed by atoms with Crippen molar-refractivity contribution in [1.29, 1.82) is 0 Å². The second-order valence-corrected chi connectivity index (χ2v) is 9.08. The summed E-state index contributed by atoms with van der Waals surface area (Å²) in [6.45, 7) is 2.05. The molecule has 0 saturated carbocycles. The van der Waals surface area contributed by atoms with Crippen molar-refractivity contribution in [1.82, 2.24) is 10.6 Å². The molecule has 2 amide bonds. The molecule has 8 nitrogen and oxygen atoms in total. The molecule has 0 spiro atoms. The minimum absolute atomic E-state index is 0.0254. The van der Waals surface area contributed by atoms with E-state index in [4.69, 9.17) is 11.6 Å². The molecule has 3 aromatic carbocycles. The van der Waals surface area contributed by atoms with Crippen molar-refractivity contribution < 1.29 is 29.4 Å². The fourth-order valence-electron chi connectivity index (χ4n) is 3.78. The lowest BCUT2D eigenvalue weighted by atomic mass is 9.93. The van der Waals surface area contributed by atoms with Gasteiger partial charge < -0.3 is 20.8 Å². The number of carbonyl (C=O) groups excluding carboxylic acids is 3. The molecule has 0 aliphatic rings. The third-order valence-electron chi connectivity index (χ3n) is 5.78. The van der Waals surface area contributed by atoms with Gasteiger partial charge in [-0.05, 0) is 47.4 Å². The summed E-state index contributed by atoms with van der Waals surface area (Å²) in [6, 6.07) is 18.4. The molecular formula is C28H27ClN2O6. The molecule has 3 rings (SSSR count). The highest BCUT2D eigenvalue weighted by molar-refractivity contribution is 6.34. The molecule has 4 N–H and O–H groups in total. The van der Waals surface area contributed by atoms with Crippen molar-refractivity contribution in [2.75, 3.05) is 0 Å². The number of amides is 2. The van der Waals surface area contributed by atoms with Crippen LogP contribution in [0.1, 0.15) is 57.5 Å². The molecule has 192 valence electrons. The summed E-state index contributed by atoms with van der Waals surface area (Å²) in [5.74, 6) is -2.87. The Bertz CT molecular complexity index is 1290. The van der Waals surface area contributed by atoms with E-state index in [-0.39, 0.29) is 53.0 Å². The van der Waals surface area contributed by atoms with Gasteiger partial charge in [-0.1, -0.05) is 61.0 Å². The number of carboxylic acid groups (broad SMARTS) is 1. The topological polar surface area (TPSA) is 133 Å². The van der Waals surface area contributed by atoms with E-state index in [1.54, 1.807) is 12.1 Å². The highest BCUT2D eigenvalue weighted by Crippen LogP contribution is 2.21. The first-order valence-electron chi connectivity index (χ1n) is 11.6. The molecule has 2 atom stereocenters. The summed E-state index contributed by atoms with van der Waals surface area (Å²) in [7, 11) is 0. The van der Waals surface area contributed by atoms with E-state index < -0.39 is 23.8 Å². The van der Waals surface area contributed by atoms with Gasteiger partial charge in [0.25, 0.3) is 11.8 Å². The van der Waals surface area contributed by atoms with E-state index in [9.17, 15) is 29.4 Å². The van der Waals surface area contributed by atoms with E-state index >= 15 is 0 Å². The van der Waals surface area contributed by atoms with Crippen molar-refractivity contribution in [2.45, 2.75) is 38.3 Å². The monoisotopic (exact) mass is 522 g/mol. The van der Waals surface area contributed by atoms with Crippen LogP contribution in [-0.2, 0) is 16.1 Å². The first kappa shape index (κ1) is 27.4. The lowest BCUT2D eigenvalue weighted by Crippen LogP contribution is -2.42. The summed E-state index contributed by atoms with van der Waals surface area (Å²) < 4.78 is 0. The molecule has 0 unspecified atom stereocenters. The van der Waals surface area contributed by atoms with Gasteiger partial charge in [0.2, 0.25) is 0 Å².